The predicted molar refractivity (Wildman–Crippen MR) is 96.7 cm³/mol. The van der Waals surface area contributed by atoms with Gasteiger partial charge in [-0.05, 0) is 38.5 Å². The van der Waals surface area contributed by atoms with Crippen LogP contribution in [0.15, 0.2) is 29.2 Å². The fourth-order valence-corrected chi connectivity index (χ4v) is 2.41. The van der Waals surface area contributed by atoms with E-state index in [4.69, 9.17) is 9.84 Å². The van der Waals surface area contributed by atoms with Crippen molar-refractivity contribution in [3.63, 3.8) is 0 Å². The molecule has 1 aromatic heterocycles. The number of carboxylic acids is 1. The fourth-order valence-electron chi connectivity index (χ4n) is 2.41. The third-order valence-electron chi connectivity index (χ3n) is 3.70. The van der Waals surface area contributed by atoms with Gasteiger partial charge in [-0.15, -0.1) is 0 Å². The van der Waals surface area contributed by atoms with E-state index in [0.29, 0.717) is 5.52 Å². The summed E-state index contributed by atoms with van der Waals surface area (Å²) in [5, 5.41) is 31.8. The maximum absolute atomic E-state index is 12.2. The zero-order valence-electron chi connectivity index (χ0n) is 15.1. The number of aromatic amines is 1. The van der Waals surface area contributed by atoms with E-state index >= 15 is 0 Å². The van der Waals surface area contributed by atoms with Gasteiger partial charge < -0.3 is 30.4 Å². The average molecular weight is 378 g/mol. The molecule has 0 aliphatic rings. The summed E-state index contributed by atoms with van der Waals surface area (Å²) in [6.45, 7) is 4.79. The number of carbonyl (C=O) groups excluding carboxylic acids is 1. The van der Waals surface area contributed by atoms with Crippen LogP contribution in [0.4, 0.5) is 4.79 Å². The number of hydrogen-bond acceptors (Lipinski definition) is 6. The Morgan fingerprint density at radius 1 is 1.26 bits per heavy atom. The number of amides is 1. The largest absolute Gasteiger partial charge is 0.477 e. The predicted octanol–water partition coefficient (Wildman–Crippen LogP) is 1.15. The molecule has 0 aliphatic carbocycles. The lowest BCUT2D eigenvalue weighted by molar-refractivity contribution is 0.0130. The first-order valence-electron chi connectivity index (χ1n) is 8.21. The molecule has 146 valence electrons. The van der Waals surface area contributed by atoms with Crippen LogP contribution in [0.1, 0.15) is 42.8 Å². The molecule has 0 radical (unpaired) electrons. The van der Waals surface area contributed by atoms with Crippen LogP contribution in [0.25, 0.3) is 10.9 Å². The summed E-state index contributed by atoms with van der Waals surface area (Å²) in [6.07, 6.45) is -2.41. The van der Waals surface area contributed by atoms with Crippen LogP contribution in [0, 0.1) is 0 Å². The third kappa shape index (κ3) is 5.05. The van der Waals surface area contributed by atoms with Gasteiger partial charge in [-0.25, -0.2) is 9.59 Å². The number of pyridine rings is 1. The van der Waals surface area contributed by atoms with Crippen LogP contribution < -0.4 is 10.7 Å². The van der Waals surface area contributed by atoms with Gasteiger partial charge in [-0.3, -0.25) is 4.79 Å². The molecule has 0 aliphatic heterocycles. The summed E-state index contributed by atoms with van der Waals surface area (Å²) in [5.41, 5.74) is -1.24. The van der Waals surface area contributed by atoms with Crippen molar-refractivity contribution in [1.29, 1.82) is 0 Å². The van der Waals surface area contributed by atoms with Crippen molar-refractivity contribution >= 4 is 23.0 Å². The number of benzene rings is 1. The molecule has 0 fully saturated rings. The van der Waals surface area contributed by atoms with Crippen molar-refractivity contribution in [2.24, 2.45) is 0 Å². The highest BCUT2D eigenvalue weighted by atomic mass is 16.6. The van der Waals surface area contributed by atoms with E-state index in [2.05, 4.69) is 10.3 Å². The minimum atomic E-state index is -1.41. The summed E-state index contributed by atoms with van der Waals surface area (Å²) < 4.78 is 5.04. The van der Waals surface area contributed by atoms with Crippen molar-refractivity contribution in [2.75, 3.05) is 6.54 Å². The first kappa shape index (κ1) is 20.4. The molecule has 0 saturated heterocycles. The summed E-state index contributed by atoms with van der Waals surface area (Å²) in [5.74, 6) is -1.37. The van der Waals surface area contributed by atoms with E-state index in [0.717, 1.165) is 6.20 Å². The maximum Gasteiger partial charge on any atom is 0.407 e. The molecule has 9 nitrogen and oxygen atoms in total. The topological polar surface area (TPSA) is 149 Å². The van der Waals surface area contributed by atoms with Crippen molar-refractivity contribution in [3.05, 3.63) is 45.7 Å². The Balaban J connectivity index is 2.18. The third-order valence-corrected chi connectivity index (χ3v) is 3.70. The van der Waals surface area contributed by atoms with Crippen molar-refractivity contribution in [2.45, 2.75) is 38.6 Å². The SMILES string of the molecule is CC(C)(C)OC(=O)NCC(O)C(O)c1ccc2[nH]cc(C(=O)O)c(=O)c2c1. The number of aromatic nitrogens is 1. The van der Waals surface area contributed by atoms with Crippen molar-refractivity contribution in [1.82, 2.24) is 10.3 Å². The van der Waals surface area contributed by atoms with Gasteiger partial charge in [0.05, 0.1) is 0 Å². The van der Waals surface area contributed by atoms with Gasteiger partial charge in [0.25, 0.3) is 0 Å². The molecule has 9 heteroatoms. The average Bonchev–Trinajstić information content (AvgIpc) is 2.57. The number of alkyl carbamates (subject to hydrolysis) is 1. The molecule has 2 atom stereocenters. The Hall–Kier alpha value is -2.91. The molecule has 1 amide bonds. The lowest BCUT2D eigenvalue weighted by atomic mass is 10.0. The zero-order chi connectivity index (χ0) is 20.4. The van der Waals surface area contributed by atoms with Crippen LogP contribution in [0.2, 0.25) is 0 Å². The number of nitrogens with one attached hydrogen (secondary N) is 2. The summed E-state index contributed by atoms with van der Waals surface area (Å²) >= 11 is 0. The van der Waals surface area contributed by atoms with E-state index < -0.39 is 40.9 Å². The van der Waals surface area contributed by atoms with E-state index in [9.17, 15) is 24.6 Å². The Labute approximate surface area is 154 Å². The van der Waals surface area contributed by atoms with Gasteiger partial charge >= 0.3 is 12.1 Å². The lowest BCUT2D eigenvalue weighted by Crippen LogP contribution is -2.38. The molecule has 0 spiro atoms. The Morgan fingerprint density at radius 2 is 1.93 bits per heavy atom. The molecule has 0 saturated carbocycles. The fraction of sp³-hybridized carbons (Fsp3) is 0.389. The summed E-state index contributed by atoms with van der Waals surface area (Å²) in [4.78, 5) is 37.6. The number of ether oxygens (including phenoxy) is 1. The van der Waals surface area contributed by atoms with Crippen LogP contribution in [-0.4, -0.2) is 50.6 Å². The van der Waals surface area contributed by atoms with Gasteiger partial charge in [0.2, 0.25) is 5.43 Å². The molecule has 2 rings (SSSR count). The first-order valence-corrected chi connectivity index (χ1v) is 8.21. The highest BCUT2D eigenvalue weighted by molar-refractivity contribution is 5.92. The normalized spacial score (nSPS) is 13.8. The van der Waals surface area contributed by atoms with Gasteiger partial charge in [0, 0.05) is 23.6 Å². The number of aliphatic hydroxyl groups is 2. The standard InChI is InChI=1S/C18H22N2O7/c1-18(2,3)27-17(26)20-8-13(21)14(22)9-4-5-12-10(6-9)15(23)11(7-19-12)16(24)25/h4-7,13-14,21-22H,8H2,1-3H3,(H,19,23)(H,20,26)(H,24,25). The highest BCUT2D eigenvalue weighted by Gasteiger charge is 2.22. The molecule has 27 heavy (non-hydrogen) atoms. The number of fused-ring (bicyclic) bond motifs is 1. The van der Waals surface area contributed by atoms with E-state index in [1.54, 1.807) is 20.8 Å². The van der Waals surface area contributed by atoms with Crippen LogP contribution in [0.5, 0.6) is 0 Å². The van der Waals surface area contributed by atoms with Gasteiger partial charge in [-0.2, -0.15) is 0 Å². The van der Waals surface area contributed by atoms with Crippen LogP contribution in [0.3, 0.4) is 0 Å². The number of rotatable bonds is 5. The zero-order valence-corrected chi connectivity index (χ0v) is 15.1. The molecular formula is C18H22N2O7. The smallest absolute Gasteiger partial charge is 0.407 e. The van der Waals surface area contributed by atoms with Crippen LogP contribution >= 0.6 is 0 Å². The Kier molecular flexibility index (Phi) is 5.87. The molecule has 5 N–H and O–H groups in total. The second-order valence-electron chi connectivity index (χ2n) is 7.04. The number of carboxylic acid groups (broad SMARTS) is 1. The van der Waals surface area contributed by atoms with Gasteiger partial charge in [0.1, 0.15) is 23.4 Å². The van der Waals surface area contributed by atoms with E-state index in [-0.39, 0.29) is 17.5 Å². The number of H-pyrrole nitrogens is 1. The first-order chi connectivity index (χ1) is 12.5. The number of aliphatic hydroxyl groups excluding tert-OH is 2. The molecule has 2 aromatic rings. The summed E-state index contributed by atoms with van der Waals surface area (Å²) in [6, 6.07) is 4.29. The monoisotopic (exact) mass is 378 g/mol. The molecule has 1 heterocycles. The minimum absolute atomic E-state index is 0.0683. The van der Waals surface area contributed by atoms with E-state index in [1.165, 1.54) is 18.2 Å². The number of aromatic carboxylic acids is 1. The second kappa shape index (κ2) is 7.77. The van der Waals surface area contributed by atoms with Gasteiger partial charge in [0.15, 0.2) is 0 Å². The van der Waals surface area contributed by atoms with Crippen molar-refractivity contribution < 1.29 is 29.6 Å². The molecule has 2 unspecified atom stereocenters. The quantitative estimate of drug-likeness (QED) is 0.524. The molecule has 0 bridgehead atoms. The van der Waals surface area contributed by atoms with E-state index in [1.807, 2.05) is 0 Å². The highest BCUT2D eigenvalue weighted by Crippen LogP contribution is 2.20. The second-order valence-corrected chi connectivity index (χ2v) is 7.04. The maximum atomic E-state index is 12.2. The number of hydrogen-bond donors (Lipinski definition) is 5. The Bertz CT molecular complexity index is 914. The van der Waals surface area contributed by atoms with Crippen LogP contribution in [-0.2, 0) is 4.74 Å². The minimum Gasteiger partial charge on any atom is -0.477 e. The van der Waals surface area contributed by atoms with Crippen molar-refractivity contribution in [3.8, 4) is 0 Å². The van der Waals surface area contributed by atoms with Gasteiger partial charge in [-0.1, -0.05) is 6.07 Å². The molecule has 1 aromatic carbocycles. The molecular weight excluding hydrogens is 356 g/mol. The Morgan fingerprint density at radius 3 is 2.52 bits per heavy atom. The lowest BCUT2D eigenvalue weighted by Gasteiger charge is -2.22. The number of carbonyl (C=O) groups is 2. The summed E-state index contributed by atoms with van der Waals surface area (Å²) in [7, 11) is 0.